The van der Waals surface area contributed by atoms with Crippen LogP contribution in [0.15, 0.2) is 0 Å². The van der Waals surface area contributed by atoms with Crippen LogP contribution in [0.25, 0.3) is 0 Å². The van der Waals surface area contributed by atoms with Crippen LogP contribution >= 0.6 is 0 Å². The van der Waals surface area contributed by atoms with Gasteiger partial charge in [0, 0.05) is 46.4 Å². The minimum atomic E-state index is -0.539. The summed E-state index contributed by atoms with van der Waals surface area (Å²) < 4.78 is 0. The molecule has 104 valence electrons. The molecule has 2 rings (SSSR count). The predicted octanol–water partition coefficient (Wildman–Crippen LogP) is 0.340. The number of Topliss-reactive ketones (excluding diaryl/α,β-unsaturated/α-hetero) is 2. The molecule has 0 radical (unpaired) electrons. The van der Waals surface area contributed by atoms with Crippen LogP contribution in [0.2, 0.25) is 0 Å². The van der Waals surface area contributed by atoms with Crippen LogP contribution < -0.4 is 0 Å². The number of fused-ring (bicyclic) bond motifs is 2. The molecule has 0 amide bonds. The third kappa shape index (κ3) is 2.77. The van der Waals surface area contributed by atoms with Crippen molar-refractivity contribution < 1.29 is 19.4 Å². The van der Waals surface area contributed by atoms with Crippen molar-refractivity contribution in [2.45, 2.75) is 19.3 Å². The molecule has 2 unspecified atom stereocenters. The largest absolute Gasteiger partial charge is 0.299 e. The van der Waals surface area contributed by atoms with Crippen molar-refractivity contribution >= 4 is 11.6 Å². The number of carbonyl (C=O) groups excluding carboxylic acids is 2. The minimum Gasteiger partial charge on any atom is -0.299 e. The third-order valence-corrected chi connectivity index (χ3v) is 4.17. The molecule has 0 heterocycles. The van der Waals surface area contributed by atoms with E-state index in [9.17, 15) is 29.8 Å². The average Bonchev–Trinajstić information content (AvgIpc) is 2.26. The molecule has 2 bridgehead atoms. The van der Waals surface area contributed by atoms with Gasteiger partial charge in [-0.25, -0.2) is 0 Å². The SMILES string of the molecule is O=C1CC(C[N+](=O)[O-])[C@@H]2C[C@H]1C(C[N+](=O)[O-])CC2=O. The highest BCUT2D eigenvalue weighted by Crippen LogP contribution is 2.42. The van der Waals surface area contributed by atoms with E-state index in [-0.39, 0.29) is 43.9 Å². The maximum absolute atomic E-state index is 11.9. The summed E-state index contributed by atoms with van der Waals surface area (Å²) in [6.07, 6.45) is 0.237. The number of hydrogen-bond donors (Lipinski definition) is 0. The van der Waals surface area contributed by atoms with E-state index in [4.69, 9.17) is 0 Å². The van der Waals surface area contributed by atoms with Crippen LogP contribution in [0.5, 0.6) is 0 Å². The van der Waals surface area contributed by atoms with E-state index in [0.717, 1.165) is 0 Å². The van der Waals surface area contributed by atoms with Crippen molar-refractivity contribution in [3.63, 3.8) is 0 Å². The van der Waals surface area contributed by atoms with Crippen molar-refractivity contribution in [1.29, 1.82) is 0 Å². The zero-order chi connectivity index (χ0) is 14.2. The van der Waals surface area contributed by atoms with E-state index in [0.29, 0.717) is 0 Å². The fourth-order valence-electron chi connectivity index (χ4n) is 3.32. The smallest absolute Gasteiger partial charge is 0.207 e. The van der Waals surface area contributed by atoms with E-state index in [1.54, 1.807) is 0 Å². The summed E-state index contributed by atoms with van der Waals surface area (Å²) in [7, 11) is 0. The number of nitro groups is 2. The first kappa shape index (κ1) is 13.6. The standard InChI is InChI=1S/C11H14N2O6/c14-10-1-6(4-12(16)17)8-3-9(10)7(2-11(8)15)5-13(18)19/h6-9H,1-5H2/t6?,7?,8-,9-/m0/s1. The van der Waals surface area contributed by atoms with Crippen molar-refractivity contribution in [3.8, 4) is 0 Å². The Labute approximate surface area is 108 Å². The van der Waals surface area contributed by atoms with Crippen molar-refractivity contribution in [2.24, 2.45) is 23.7 Å². The first-order valence-corrected chi connectivity index (χ1v) is 6.17. The molecule has 4 atom stereocenters. The van der Waals surface area contributed by atoms with E-state index in [1.165, 1.54) is 0 Å². The molecule has 2 aliphatic carbocycles. The van der Waals surface area contributed by atoms with Gasteiger partial charge >= 0.3 is 0 Å². The summed E-state index contributed by atoms with van der Waals surface area (Å²) >= 11 is 0. The Hall–Kier alpha value is -1.86. The second kappa shape index (κ2) is 5.02. The number of nitrogens with zero attached hydrogens (tertiary/aromatic N) is 2. The van der Waals surface area contributed by atoms with Gasteiger partial charge in [-0.05, 0) is 6.42 Å². The predicted molar refractivity (Wildman–Crippen MR) is 61.5 cm³/mol. The lowest BCUT2D eigenvalue weighted by Crippen LogP contribution is -2.48. The van der Waals surface area contributed by atoms with Gasteiger partial charge in [0.15, 0.2) is 0 Å². The van der Waals surface area contributed by atoms with Crippen LogP contribution in [0.1, 0.15) is 19.3 Å². The molecule has 0 aromatic heterocycles. The molecule has 19 heavy (non-hydrogen) atoms. The molecule has 0 aromatic rings. The number of carbonyl (C=O) groups is 2. The van der Waals surface area contributed by atoms with E-state index >= 15 is 0 Å². The summed E-state index contributed by atoms with van der Waals surface area (Å²) in [5, 5.41) is 21.1. The van der Waals surface area contributed by atoms with Gasteiger partial charge in [0.1, 0.15) is 11.6 Å². The Morgan fingerprint density at radius 3 is 1.58 bits per heavy atom. The normalized spacial score (nSPS) is 34.1. The van der Waals surface area contributed by atoms with Crippen LogP contribution in [0.4, 0.5) is 0 Å². The molecule has 8 nitrogen and oxygen atoms in total. The molecule has 0 saturated heterocycles. The molecule has 8 heteroatoms. The first-order valence-electron chi connectivity index (χ1n) is 6.17. The lowest BCUT2D eigenvalue weighted by molar-refractivity contribution is -0.492. The highest BCUT2D eigenvalue weighted by Gasteiger charge is 2.50. The van der Waals surface area contributed by atoms with Crippen molar-refractivity contribution in [1.82, 2.24) is 0 Å². The second-order valence-electron chi connectivity index (χ2n) is 5.34. The lowest BCUT2D eigenvalue weighted by Gasteiger charge is -2.39. The molecule has 0 spiro atoms. The first-order chi connectivity index (χ1) is 8.88. The van der Waals surface area contributed by atoms with E-state index in [1.807, 2.05) is 0 Å². The van der Waals surface area contributed by atoms with Gasteiger partial charge in [-0.15, -0.1) is 0 Å². The van der Waals surface area contributed by atoms with Gasteiger partial charge in [0.2, 0.25) is 13.1 Å². The topological polar surface area (TPSA) is 120 Å². The summed E-state index contributed by atoms with van der Waals surface area (Å²) in [5.74, 6) is -2.36. The monoisotopic (exact) mass is 270 g/mol. The van der Waals surface area contributed by atoms with Gasteiger partial charge in [0.25, 0.3) is 0 Å². The molecular formula is C11H14N2O6. The summed E-state index contributed by atoms with van der Waals surface area (Å²) in [5.41, 5.74) is 0. The van der Waals surface area contributed by atoms with Crippen molar-refractivity contribution in [2.75, 3.05) is 13.1 Å². The van der Waals surface area contributed by atoms with Crippen LogP contribution in [0.3, 0.4) is 0 Å². The molecule has 0 N–H and O–H groups in total. The van der Waals surface area contributed by atoms with Gasteiger partial charge in [-0.2, -0.15) is 0 Å². The van der Waals surface area contributed by atoms with E-state index in [2.05, 4.69) is 0 Å². The zero-order valence-corrected chi connectivity index (χ0v) is 10.2. The van der Waals surface area contributed by atoms with Gasteiger partial charge < -0.3 is 0 Å². The fraction of sp³-hybridized carbons (Fsp3) is 0.818. The fourth-order valence-corrected chi connectivity index (χ4v) is 3.32. The highest BCUT2D eigenvalue weighted by atomic mass is 16.6. The Morgan fingerprint density at radius 2 is 1.26 bits per heavy atom. The molecule has 2 aliphatic rings. The average molecular weight is 270 g/mol. The number of ketones is 2. The molecule has 0 aliphatic heterocycles. The Balaban J connectivity index is 2.14. The molecular weight excluding hydrogens is 256 g/mol. The molecule has 0 aromatic carbocycles. The quantitative estimate of drug-likeness (QED) is 0.536. The highest BCUT2D eigenvalue weighted by molar-refractivity contribution is 5.90. The Kier molecular flexibility index (Phi) is 3.59. The van der Waals surface area contributed by atoms with Gasteiger partial charge in [-0.1, -0.05) is 0 Å². The van der Waals surface area contributed by atoms with Crippen molar-refractivity contribution in [3.05, 3.63) is 20.2 Å². The van der Waals surface area contributed by atoms with Crippen LogP contribution in [-0.4, -0.2) is 34.5 Å². The summed E-state index contributed by atoms with van der Waals surface area (Å²) in [4.78, 5) is 44.0. The zero-order valence-electron chi connectivity index (χ0n) is 10.2. The number of hydrogen-bond acceptors (Lipinski definition) is 6. The Morgan fingerprint density at radius 1 is 0.895 bits per heavy atom. The maximum Gasteiger partial charge on any atom is 0.207 e. The van der Waals surface area contributed by atoms with E-state index < -0.39 is 33.5 Å². The Bertz CT molecular complexity index is 408. The molecule has 2 fully saturated rings. The molecule has 2 saturated carbocycles. The van der Waals surface area contributed by atoms with Gasteiger partial charge in [-0.3, -0.25) is 29.8 Å². The maximum atomic E-state index is 11.9. The van der Waals surface area contributed by atoms with Crippen LogP contribution in [0, 0.1) is 43.9 Å². The summed E-state index contributed by atoms with van der Waals surface area (Å²) in [6, 6.07) is 0. The number of rotatable bonds is 4. The van der Waals surface area contributed by atoms with Gasteiger partial charge in [0.05, 0.1) is 0 Å². The minimum absolute atomic E-state index is 0.00370. The summed E-state index contributed by atoms with van der Waals surface area (Å²) in [6.45, 7) is -0.760. The third-order valence-electron chi connectivity index (χ3n) is 4.17. The van der Waals surface area contributed by atoms with Crippen LogP contribution in [-0.2, 0) is 9.59 Å². The second-order valence-corrected chi connectivity index (χ2v) is 5.34. The lowest BCUT2D eigenvalue weighted by atomic mass is 9.61.